The van der Waals surface area contributed by atoms with E-state index in [-0.39, 0.29) is 11.3 Å². The number of carbonyl (C=O) groups is 1. The molecular formula is C13H14O2. The van der Waals surface area contributed by atoms with Crippen LogP contribution in [0.1, 0.15) is 24.5 Å². The van der Waals surface area contributed by atoms with E-state index in [1.54, 1.807) is 7.11 Å². The molecule has 2 aliphatic rings. The molecule has 0 spiro atoms. The van der Waals surface area contributed by atoms with Gasteiger partial charge in [0.05, 0.1) is 7.11 Å². The number of hydrogen-bond donors (Lipinski definition) is 0. The maximum Gasteiger partial charge on any atom is 0.138 e. The van der Waals surface area contributed by atoms with Crippen LogP contribution in [0.5, 0.6) is 5.75 Å². The van der Waals surface area contributed by atoms with Crippen molar-refractivity contribution in [3.8, 4) is 5.75 Å². The summed E-state index contributed by atoms with van der Waals surface area (Å²) in [5, 5.41) is 0. The molecule has 1 fully saturated rings. The van der Waals surface area contributed by atoms with Gasteiger partial charge in [-0.2, -0.15) is 0 Å². The highest BCUT2D eigenvalue weighted by Crippen LogP contribution is 2.54. The van der Waals surface area contributed by atoms with Crippen LogP contribution in [0.25, 0.3) is 0 Å². The van der Waals surface area contributed by atoms with Gasteiger partial charge in [-0.3, -0.25) is 4.79 Å². The summed E-state index contributed by atoms with van der Waals surface area (Å²) in [6, 6.07) is 6.18. The lowest BCUT2D eigenvalue weighted by Gasteiger charge is -2.41. The van der Waals surface area contributed by atoms with Crippen molar-refractivity contribution in [2.45, 2.75) is 25.2 Å². The fourth-order valence-corrected chi connectivity index (χ4v) is 3.07. The third kappa shape index (κ3) is 0.969. The predicted molar refractivity (Wildman–Crippen MR) is 57.2 cm³/mol. The van der Waals surface area contributed by atoms with Crippen LogP contribution in [0.4, 0.5) is 0 Å². The molecule has 2 nitrogen and oxygen atoms in total. The first-order chi connectivity index (χ1) is 7.15. The van der Waals surface area contributed by atoms with E-state index in [9.17, 15) is 4.79 Å². The van der Waals surface area contributed by atoms with Crippen molar-refractivity contribution >= 4 is 5.78 Å². The molecule has 0 saturated heterocycles. The number of ether oxygens (including phenoxy) is 1. The molecule has 0 aromatic heterocycles. The molecule has 0 amide bonds. The van der Waals surface area contributed by atoms with E-state index in [1.165, 1.54) is 11.1 Å². The Morgan fingerprint density at radius 1 is 1.47 bits per heavy atom. The van der Waals surface area contributed by atoms with Crippen LogP contribution < -0.4 is 4.74 Å². The Morgan fingerprint density at radius 3 is 2.93 bits per heavy atom. The van der Waals surface area contributed by atoms with Crippen molar-refractivity contribution in [3.63, 3.8) is 0 Å². The Hall–Kier alpha value is -1.31. The second kappa shape index (κ2) is 2.63. The summed E-state index contributed by atoms with van der Waals surface area (Å²) >= 11 is 0. The Kier molecular flexibility index (Phi) is 1.57. The van der Waals surface area contributed by atoms with Gasteiger partial charge < -0.3 is 4.74 Å². The lowest BCUT2D eigenvalue weighted by molar-refractivity contribution is -0.134. The van der Waals surface area contributed by atoms with E-state index < -0.39 is 0 Å². The number of carbonyl (C=O) groups excluding carboxylic acids is 1. The quantitative estimate of drug-likeness (QED) is 0.697. The molecule has 2 atom stereocenters. The number of methoxy groups -OCH3 is 1. The van der Waals surface area contributed by atoms with Gasteiger partial charge in [-0.05, 0) is 29.7 Å². The zero-order valence-corrected chi connectivity index (χ0v) is 9.04. The molecule has 3 rings (SSSR count). The van der Waals surface area contributed by atoms with Crippen molar-refractivity contribution in [3.05, 3.63) is 29.3 Å². The number of rotatable bonds is 1. The van der Waals surface area contributed by atoms with Crippen LogP contribution >= 0.6 is 0 Å². The van der Waals surface area contributed by atoms with Gasteiger partial charge in [-0.15, -0.1) is 0 Å². The minimum Gasteiger partial charge on any atom is -0.497 e. The highest BCUT2D eigenvalue weighted by atomic mass is 16.5. The Balaban J connectivity index is 2.11. The monoisotopic (exact) mass is 202 g/mol. The van der Waals surface area contributed by atoms with Crippen LogP contribution in [0.2, 0.25) is 0 Å². The first-order valence-electron chi connectivity index (χ1n) is 5.35. The Morgan fingerprint density at radius 2 is 2.27 bits per heavy atom. The van der Waals surface area contributed by atoms with Gasteiger partial charge in [0.15, 0.2) is 0 Å². The average Bonchev–Trinajstić information content (AvgIpc) is 2.47. The molecule has 0 radical (unpaired) electrons. The molecule has 78 valence electrons. The number of Topliss-reactive ketones (excluding diaryl/α,β-unsaturated/α-hetero) is 1. The first kappa shape index (κ1) is 8.96. The van der Waals surface area contributed by atoms with Crippen molar-refractivity contribution in [2.24, 2.45) is 5.92 Å². The minimum atomic E-state index is 0.0982. The molecule has 2 heteroatoms. The van der Waals surface area contributed by atoms with E-state index in [4.69, 9.17) is 4.74 Å². The fraction of sp³-hybridized carbons (Fsp3) is 0.462. The average molecular weight is 202 g/mol. The van der Waals surface area contributed by atoms with Crippen molar-refractivity contribution in [2.75, 3.05) is 7.11 Å². The molecule has 1 aromatic rings. The largest absolute Gasteiger partial charge is 0.497 e. The molecule has 15 heavy (non-hydrogen) atoms. The SMILES string of the molecule is COc1ccc2c(c1)[C@]1(C)CC(=O)[C@H]1C2. The lowest BCUT2D eigenvalue weighted by Crippen LogP contribution is -2.47. The summed E-state index contributed by atoms with van der Waals surface area (Å²) in [7, 11) is 1.68. The van der Waals surface area contributed by atoms with Crippen LogP contribution in [-0.2, 0) is 16.6 Å². The highest BCUT2D eigenvalue weighted by molar-refractivity contribution is 5.93. The summed E-state index contributed by atoms with van der Waals surface area (Å²) in [4.78, 5) is 11.5. The van der Waals surface area contributed by atoms with Gasteiger partial charge in [0.25, 0.3) is 0 Å². The fourth-order valence-electron chi connectivity index (χ4n) is 3.07. The van der Waals surface area contributed by atoms with Gasteiger partial charge in [0.2, 0.25) is 0 Å². The van der Waals surface area contributed by atoms with Gasteiger partial charge in [0.1, 0.15) is 11.5 Å². The molecule has 0 N–H and O–H groups in total. The molecule has 2 aliphatic carbocycles. The van der Waals surface area contributed by atoms with Crippen LogP contribution in [0, 0.1) is 5.92 Å². The smallest absolute Gasteiger partial charge is 0.138 e. The summed E-state index contributed by atoms with van der Waals surface area (Å²) in [5.41, 5.74) is 2.75. The standard InChI is InChI=1S/C13H14O2/c1-13-7-12(14)11(13)5-8-3-4-9(15-2)6-10(8)13/h3-4,6,11H,5,7H2,1-2H3/t11-,13+/m1/s1. The molecule has 0 aliphatic heterocycles. The first-order valence-corrected chi connectivity index (χ1v) is 5.35. The van der Waals surface area contributed by atoms with Crippen molar-refractivity contribution in [1.82, 2.24) is 0 Å². The number of benzene rings is 1. The minimum absolute atomic E-state index is 0.0982. The second-order valence-corrected chi connectivity index (χ2v) is 4.84. The highest BCUT2D eigenvalue weighted by Gasteiger charge is 2.55. The summed E-state index contributed by atoms with van der Waals surface area (Å²) < 4.78 is 5.23. The predicted octanol–water partition coefficient (Wildman–Crippen LogP) is 2.10. The number of fused-ring (bicyclic) bond motifs is 3. The molecule has 0 unspecified atom stereocenters. The Labute approximate surface area is 89.2 Å². The van der Waals surface area contributed by atoms with E-state index >= 15 is 0 Å². The van der Waals surface area contributed by atoms with Crippen LogP contribution in [-0.4, -0.2) is 12.9 Å². The number of hydrogen-bond acceptors (Lipinski definition) is 2. The van der Waals surface area contributed by atoms with E-state index in [0.29, 0.717) is 12.2 Å². The van der Waals surface area contributed by atoms with Crippen molar-refractivity contribution < 1.29 is 9.53 Å². The van der Waals surface area contributed by atoms with E-state index in [1.807, 2.05) is 6.07 Å². The summed E-state index contributed by atoms with van der Waals surface area (Å²) in [5.74, 6) is 1.56. The number of ketones is 1. The molecule has 1 aromatic carbocycles. The Bertz CT molecular complexity index is 450. The second-order valence-electron chi connectivity index (χ2n) is 4.84. The maximum atomic E-state index is 11.5. The van der Waals surface area contributed by atoms with E-state index in [0.717, 1.165) is 12.2 Å². The van der Waals surface area contributed by atoms with Gasteiger partial charge in [0, 0.05) is 17.8 Å². The molecular weight excluding hydrogens is 188 g/mol. The zero-order valence-electron chi connectivity index (χ0n) is 9.04. The zero-order chi connectivity index (χ0) is 10.6. The molecule has 0 bridgehead atoms. The molecule has 0 heterocycles. The van der Waals surface area contributed by atoms with Crippen LogP contribution in [0.15, 0.2) is 18.2 Å². The summed E-state index contributed by atoms with van der Waals surface area (Å²) in [6.07, 6.45) is 1.63. The third-order valence-electron chi connectivity index (χ3n) is 4.06. The van der Waals surface area contributed by atoms with E-state index in [2.05, 4.69) is 19.1 Å². The van der Waals surface area contributed by atoms with Crippen LogP contribution in [0.3, 0.4) is 0 Å². The van der Waals surface area contributed by atoms with Gasteiger partial charge in [-0.1, -0.05) is 13.0 Å². The maximum absolute atomic E-state index is 11.5. The van der Waals surface area contributed by atoms with Gasteiger partial charge in [-0.25, -0.2) is 0 Å². The summed E-state index contributed by atoms with van der Waals surface area (Å²) in [6.45, 7) is 2.20. The third-order valence-corrected chi connectivity index (χ3v) is 4.06. The lowest BCUT2D eigenvalue weighted by atomic mass is 9.60. The normalized spacial score (nSPS) is 31.9. The topological polar surface area (TPSA) is 26.3 Å². The molecule has 1 saturated carbocycles. The van der Waals surface area contributed by atoms with Crippen molar-refractivity contribution in [1.29, 1.82) is 0 Å². The van der Waals surface area contributed by atoms with Gasteiger partial charge >= 0.3 is 0 Å².